The predicted octanol–water partition coefficient (Wildman–Crippen LogP) is 4.58. The molecular formula is C26H26N2O6S. The lowest BCUT2D eigenvalue weighted by Gasteiger charge is -2.11. The summed E-state index contributed by atoms with van der Waals surface area (Å²) in [6.45, 7) is 4.15. The Morgan fingerprint density at radius 2 is 1.69 bits per heavy atom. The quantitative estimate of drug-likeness (QED) is 0.333. The second-order valence-corrected chi connectivity index (χ2v) is 8.47. The van der Waals surface area contributed by atoms with Crippen LogP contribution >= 0.6 is 11.3 Å². The number of fused-ring (bicyclic) bond motifs is 2. The summed E-state index contributed by atoms with van der Waals surface area (Å²) in [7, 11) is 3.09. The first-order valence-corrected chi connectivity index (χ1v) is 12.0. The molecular weight excluding hydrogens is 468 g/mol. The first-order valence-electron chi connectivity index (χ1n) is 11.1. The van der Waals surface area contributed by atoms with E-state index < -0.39 is 11.9 Å². The molecule has 182 valence electrons. The van der Waals surface area contributed by atoms with Crippen LogP contribution in [0.5, 0.6) is 17.2 Å². The number of thiazole rings is 1. The van der Waals surface area contributed by atoms with Crippen molar-refractivity contribution in [1.82, 2.24) is 4.57 Å². The maximum atomic E-state index is 13.6. The van der Waals surface area contributed by atoms with Crippen molar-refractivity contribution in [2.24, 2.45) is 4.99 Å². The first-order chi connectivity index (χ1) is 17.0. The van der Waals surface area contributed by atoms with Crippen LogP contribution in [0.1, 0.15) is 24.2 Å². The van der Waals surface area contributed by atoms with Crippen LogP contribution in [0.4, 0.5) is 0 Å². The largest absolute Gasteiger partial charge is 0.493 e. The van der Waals surface area contributed by atoms with Crippen molar-refractivity contribution in [2.75, 3.05) is 27.4 Å². The molecule has 4 aromatic rings. The zero-order chi connectivity index (χ0) is 24.9. The summed E-state index contributed by atoms with van der Waals surface area (Å²) in [6, 6.07) is 14.8. The number of aromatic nitrogens is 1. The Labute approximate surface area is 206 Å². The molecule has 8 nitrogen and oxygen atoms in total. The number of ether oxygens (including phenoxy) is 4. The van der Waals surface area contributed by atoms with E-state index in [-0.39, 0.29) is 13.2 Å². The molecule has 0 spiro atoms. The second kappa shape index (κ2) is 10.6. The van der Waals surface area contributed by atoms with Crippen LogP contribution in [0.3, 0.4) is 0 Å². The van der Waals surface area contributed by atoms with Crippen LogP contribution in [-0.2, 0) is 16.1 Å². The summed E-state index contributed by atoms with van der Waals surface area (Å²) in [4.78, 5) is 30.8. The topological polar surface area (TPSA) is 88.4 Å². The normalized spacial score (nSPS) is 11.6. The van der Waals surface area contributed by atoms with Crippen LogP contribution in [0.25, 0.3) is 21.0 Å². The van der Waals surface area contributed by atoms with Crippen LogP contribution in [0.15, 0.2) is 53.5 Å². The minimum absolute atomic E-state index is 0.108. The number of hydrogen-bond acceptors (Lipinski definition) is 7. The Balaban J connectivity index is 1.94. The maximum Gasteiger partial charge on any atom is 0.326 e. The van der Waals surface area contributed by atoms with Crippen molar-refractivity contribution in [3.05, 3.63) is 58.9 Å². The molecule has 0 saturated carbocycles. The summed E-state index contributed by atoms with van der Waals surface area (Å²) < 4.78 is 24.2. The molecule has 0 aliphatic carbocycles. The van der Waals surface area contributed by atoms with Gasteiger partial charge in [0.15, 0.2) is 16.3 Å². The van der Waals surface area contributed by atoms with Gasteiger partial charge >= 0.3 is 5.97 Å². The van der Waals surface area contributed by atoms with Crippen molar-refractivity contribution in [3.63, 3.8) is 0 Å². The molecule has 35 heavy (non-hydrogen) atoms. The molecule has 0 atom stereocenters. The number of carbonyl (C=O) groups is 2. The van der Waals surface area contributed by atoms with Crippen molar-refractivity contribution in [3.8, 4) is 17.2 Å². The van der Waals surface area contributed by atoms with Crippen molar-refractivity contribution in [1.29, 1.82) is 0 Å². The van der Waals surface area contributed by atoms with E-state index in [1.54, 1.807) is 36.8 Å². The molecule has 1 aromatic heterocycles. The predicted molar refractivity (Wildman–Crippen MR) is 135 cm³/mol. The highest BCUT2D eigenvalue weighted by Gasteiger charge is 2.19. The third-order valence-corrected chi connectivity index (χ3v) is 6.42. The lowest BCUT2D eigenvalue weighted by molar-refractivity contribution is -0.143. The Bertz CT molecular complexity index is 1470. The molecule has 4 rings (SSSR count). The van der Waals surface area contributed by atoms with E-state index in [2.05, 4.69) is 4.99 Å². The van der Waals surface area contributed by atoms with Gasteiger partial charge in [-0.3, -0.25) is 9.59 Å². The van der Waals surface area contributed by atoms with Gasteiger partial charge in [-0.05, 0) is 30.7 Å². The standard InChI is InChI=1S/C26H26N2O6S/c1-5-33-19-12-11-16-9-7-8-10-17(16)24(19)25(30)27-26-28(15-23(29)34-6-2)18-13-20(31-3)21(32-4)14-22(18)35-26/h7-14H,5-6,15H2,1-4H3. The summed E-state index contributed by atoms with van der Waals surface area (Å²) >= 11 is 1.27. The number of nitrogens with zero attached hydrogens (tertiary/aromatic N) is 2. The average Bonchev–Trinajstić information content (AvgIpc) is 3.18. The van der Waals surface area contributed by atoms with Crippen molar-refractivity contribution < 1.29 is 28.5 Å². The average molecular weight is 495 g/mol. The molecule has 0 aliphatic heterocycles. The second-order valence-electron chi connectivity index (χ2n) is 7.46. The number of amides is 1. The Morgan fingerprint density at radius 1 is 0.943 bits per heavy atom. The van der Waals surface area contributed by atoms with Gasteiger partial charge in [-0.2, -0.15) is 4.99 Å². The SMILES string of the molecule is CCOC(=O)Cn1c(=NC(=O)c2c(OCC)ccc3ccccc23)sc2cc(OC)c(OC)cc21. The summed E-state index contributed by atoms with van der Waals surface area (Å²) in [6.07, 6.45) is 0. The fourth-order valence-corrected chi connectivity index (χ4v) is 4.90. The van der Waals surface area contributed by atoms with E-state index >= 15 is 0 Å². The monoisotopic (exact) mass is 494 g/mol. The molecule has 0 unspecified atom stereocenters. The highest BCUT2D eigenvalue weighted by atomic mass is 32.1. The number of hydrogen-bond donors (Lipinski definition) is 0. The van der Waals surface area contributed by atoms with E-state index in [1.807, 2.05) is 37.3 Å². The van der Waals surface area contributed by atoms with Gasteiger partial charge in [0.2, 0.25) is 0 Å². The van der Waals surface area contributed by atoms with Gasteiger partial charge in [0.05, 0.1) is 43.2 Å². The Hall–Kier alpha value is -3.85. The minimum Gasteiger partial charge on any atom is -0.493 e. The summed E-state index contributed by atoms with van der Waals surface area (Å²) in [5.41, 5.74) is 1.05. The lowest BCUT2D eigenvalue weighted by atomic mass is 10.0. The zero-order valence-electron chi connectivity index (χ0n) is 20.0. The van der Waals surface area contributed by atoms with Gasteiger partial charge in [-0.25, -0.2) is 0 Å². The van der Waals surface area contributed by atoms with E-state index in [0.29, 0.717) is 39.7 Å². The molecule has 0 bridgehead atoms. The summed E-state index contributed by atoms with van der Waals surface area (Å²) in [5.74, 6) is 0.599. The van der Waals surface area contributed by atoms with Gasteiger partial charge in [0.1, 0.15) is 12.3 Å². The van der Waals surface area contributed by atoms with Crippen LogP contribution in [0, 0.1) is 0 Å². The molecule has 9 heteroatoms. The van der Waals surface area contributed by atoms with E-state index in [1.165, 1.54) is 18.4 Å². The molecule has 0 radical (unpaired) electrons. The molecule has 0 saturated heterocycles. The Kier molecular flexibility index (Phi) is 7.36. The maximum absolute atomic E-state index is 13.6. The first kappa shape index (κ1) is 24.3. The number of methoxy groups -OCH3 is 2. The van der Waals surface area contributed by atoms with E-state index in [0.717, 1.165) is 15.5 Å². The molecule has 1 amide bonds. The third-order valence-electron chi connectivity index (χ3n) is 5.38. The minimum atomic E-state index is -0.464. The number of esters is 1. The van der Waals surface area contributed by atoms with E-state index in [9.17, 15) is 9.59 Å². The fourth-order valence-electron chi connectivity index (χ4n) is 3.86. The molecule has 0 aliphatic rings. The Morgan fingerprint density at radius 3 is 2.40 bits per heavy atom. The lowest BCUT2D eigenvalue weighted by Crippen LogP contribution is -2.23. The number of carbonyl (C=O) groups excluding carboxylic acids is 2. The van der Waals surface area contributed by atoms with Gasteiger partial charge in [0, 0.05) is 12.1 Å². The molecule has 0 fully saturated rings. The highest BCUT2D eigenvalue weighted by Crippen LogP contribution is 2.34. The zero-order valence-corrected chi connectivity index (χ0v) is 20.8. The highest BCUT2D eigenvalue weighted by molar-refractivity contribution is 7.16. The van der Waals surface area contributed by atoms with E-state index in [4.69, 9.17) is 18.9 Å². The van der Waals surface area contributed by atoms with Gasteiger partial charge in [0.25, 0.3) is 5.91 Å². The van der Waals surface area contributed by atoms with Gasteiger partial charge < -0.3 is 23.5 Å². The molecule has 3 aromatic carbocycles. The number of benzene rings is 3. The van der Waals surface area contributed by atoms with Crippen LogP contribution in [0.2, 0.25) is 0 Å². The van der Waals surface area contributed by atoms with Gasteiger partial charge in [-0.15, -0.1) is 0 Å². The summed E-state index contributed by atoms with van der Waals surface area (Å²) in [5, 5.41) is 1.65. The van der Waals surface area contributed by atoms with Crippen LogP contribution in [-0.4, -0.2) is 43.9 Å². The number of rotatable bonds is 8. The third kappa shape index (κ3) is 4.85. The van der Waals surface area contributed by atoms with Gasteiger partial charge in [-0.1, -0.05) is 41.7 Å². The smallest absolute Gasteiger partial charge is 0.326 e. The van der Waals surface area contributed by atoms with Crippen molar-refractivity contribution in [2.45, 2.75) is 20.4 Å². The van der Waals surface area contributed by atoms with Crippen molar-refractivity contribution >= 4 is 44.2 Å². The van der Waals surface area contributed by atoms with Crippen LogP contribution < -0.4 is 19.0 Å². The molecule has 1 heterocycles. The fraction of sp³-hybridized carbons (Fsp3) is 0.269. The molecule has 0 N–H and O–H groups in total.